The molecule has 0 saturated heterocycles. The summed E-state index contributed by atoms with van der Waals surface area (Å²) in [6, 6.07) is 0.428. The van der Waals surface area contributed by atoms with Crippen LogP contribution in [0.25, 0.3) is 0 Å². The van der Waals surface area contributed by atoms with E-state index in [2.05, 4.69) is 23.9 Å². The predicted octanol–water partition coefficient (Wildman–Crippen LogP) is -0.213. The van der Waals surface area contributed by atoms with Crippen molar-refractivity contribution < 1.29 is 13.2 Å². The molecule has 0 fully saturated rings. The van der Waals surface area contributed by atoms with Gasteiger partial charge < -0.3 is 10.1 Å². The molecule has 0 spiro atoms. The highest BCUT2D eigenvalue weighted by Crippen LogP contribution is 1.95. The highest BCUT2D eigenvalue weighted by Gasteiger charge is 2.15. The summed E-state index contributed by atoms with van der Waals surface area (Å²) in [5.74, 6) is 0. The number of nitrogens with zero attached hydrogens (tertiary/aromatic N) is 1. The van der Waals surface area contributed by atoms with Crippen LogP contribution in [0.3, 0.4) is 0 Å². The average molecular weight is 267 g/mol. The molecule has 0 aliphatic heterocycles. The second kappa shape index (κ2) is 8.82. The highest BCUT2D eigenvalue weighted by atomic mass is 32.2. The van der Waals surface area contributed by atoms with Crippen molar-refractivity contribution in [3.05, 3.63) is 0 Å². The number of rotatable bonds is 10. The number of hydrogen-bond donors (Lipinski definition) is 2. The second-order valence-corrected chi connectivity index (χ2v) is 6.04. The average Bonchev–Trinajstić information content (AvgIpc) is 2.24. The van der Waals surface area contributed by atoms with Crippen LogP contribution in [0.1, 0.15) is 20.3 Å². The normalized spacial score (nSPS) is 12.6. The number of ether oxygens (including phenoxy) is 1. The SMILES string of the molecule is COCCNS(=O)(=O)N(C)CCCNC(C)C. The molecular weight excluding hydrogens is 242 g/mol. The molecule has 0 atom stereocenters. The molecular formula is C10H25N3O3S. The molecule has 17 heavy (non-hydrogen) atoms. The van der Waals surface area contributed by atoms with Crippen molar-refractivity contribution >= 4 is 10.2 Å². The van der Waals surface area contributed by atoms with Crippen molar-refractivity contribution in [2.24, 2.45) is 0 Å². The van der Waals surface area contributed by atoms with Gasteiger partial charge in [0.1, 0.15) is 0 Å². The van der Waals surface area contributed by atoms with Crippen LogP contribution in [-0.4, -0.2) is 59.2 Å². The van der Waals surface area contributed by atoms with Gasteiger partial charge in [0.15, 0.2) is 0 Å². The van der Waals surface area contributed by atoms with Crippen LogP contribution in [-0.2, 0) is 14.9 Å². The van der Waals surface area contributed by atoms with Gasteiger partial charge in [0.05, 0.1) is 6.61 Å². The first-order valence-electron chi connectivity index (χ1n) is 5.83. The fourth-order valence-corrected chi connectivity index (χ4v) is 2.13. The van der Waals surface area contributed by atoms with Gasteiger partial charge in [-0.2, -0.15) is 17.4 Å². The quantitative estimate of drug-likeness (QED) is 0.537. The largest absolute Gasteiger partial charge is 0.383 e. The molecule has 7 heteroatoms. The minimum Gasteiger partial charge on any atom is -0.383 e. The summed E-state index contributed by atoms with van der Waals surface area (Å²) in [4.78, 5) is 0. The van der Waals surface area contributed by atoms with Gasteiger partial charge in [-0.3, -0.25) is 0 Å². The van der Waals surface area contributed by atoms with Crippen LogP contribution in [0, 0.1) is 0 Å². The minimum absolute atomic E-state index is 0.299. The maximum atomic E-state index is 11.7. The van der Waals surface area contributed by atoms with Crippen molar-refractivity contribution in [2.75, 3.05) is 40.4 Å². The first-order valence-corrected chi connectivity index (χ1v) is 7.27. The van der Waals surface area contributed by atoms with Crippen molar-refractivity contribution in [3.8, 4) is 0 Å². The molecule has 0 bridgehead atoms. The van der Waals surface area contributed by atoms with Gasteiger partial charge in [-0.05, 0) is 13.0 Å². The van der Waals surface area contributed by atoms with Gasteiger partial charge in [-0.1, -0.05) is 13.8 Å². The Morgan fingerprint density at radius 2 is 1.94 bits per heavy atom. The standard InChI is InChI=1S/C10H25N3O3S/c1-10(2)11-6-5-8-13(3)17(14,15)12-7-9-16-4/h10-12H,5-9H2,1-4H3. The summed E-state index contributed by atoms with van der Waals surface area (Å²) in [5, 5.41) is 3.24. The van der Waals surface area contributed by atoms with Crippen molar-refractivity contribution in [1.82, 2.24) is 14.3 Å². The minimum atomic E-state index is -3.36. The number of nitrogens with one attached hydrogen (secondary N) is 2. The van der Waals surface area contributed by atoms with Gasteiger partial charge in [-0.15, -0.1) is 0 Å². The van der Waals surface area contributed by atoms with Gasteiger partial charge in [0.25, 0.3) is 10.2 Å². The Balaban J connectivity index is 3.82. The van der Waals surface area contributed by atoms with Crippen molar-refractivity contribution in [3.63, 3.8) is 0 Å². The van der Waals surface area contributed by atoms with E-state index in [1.54, 1.807) is 7.05 Å². The lowest BCUT2D eigenvalue weighted by Gasteiger charge is -2.18. The van der Waals surface area contributed by atoms with Crippen LogP contribution in [0.5, 0.6) is 0 Å². The zero-order valence-electron chi connectivity index (χ0n) is 11.2. The molecule has 6 nitrogen and oxygen atoms in total. The zero-order valence-corrected chi connectivity index (χ0v) is 12.0. The summed E-state index contributed by atoms with van der Waals surface area (Å²) in [6.45, 7) is 6.12. The highest BCUT2D eigenvalue weighted by molar-refractivity contribution is 7.87. The molecule has 0 aliphatic carbocycles. The molecule has 0 aromatic rings. The maximum absolute atomic E-state index is 11.7. The number of hydrogen-bond acceptors (Lipinski definition) is 4. The van der Waals surface area contributed by atoms with Crippen molar-refractivity contribution in [1.29, 1.82) is 0 Å². The van der Waals surface area contributed by atoms with Crippen molar-refractivity contribution in [2.45, 2.75) is 26.3 Å². The first-order chi connectivity index (χ1) is 7.90. The Bertz CT molecular complexity index is 281. The topological polar surface area (TPSA) is 70.7 Å². The number of methoxy groups -OCH3 is 1. The zero-order chi connectivity index (χ0) is 13.3. The van der Waals surface area contributed by atoms with E-state index in [-0.39, 0.29) is 0 Å². The Labute approximate surface area is 105 Å². The Hall–Kier alpha value is -0.210. The van der Waals surface area contributed by atoms with Gasteiger partial charge in [0, 0.05) is 33.3 Å². The van der Waals surface area contributed by atoms with Crippen LogP contribution in [0.15, 0.2) is 0 Å². The predicted molar refractivity (Wildman–Crippen MR) is 69.2 cm³/mol. The second-order valence-electron chi connectivity index (χ2n) is 4.18. The molecule has 0 aromatic carbocycles. The third kappa shape index (κ3) is 8.50. The van der Waals surface area contributed by atoms with E-state index in [0.717, 1.165) is 13.0 Å². The Morgan fingerprint density at radius 3 is 2.47 bits per heavy atom. The van der Waals surface area contributed by atoms with Gasteiger partial charge >= 0.3 is 0 Å². The van der Waals surface area contributed by atoms with Gasteiger partial charge in [0.2, 0.25) is 0 Å². The lowest BCUT2D eigenvalue weighted by atomic mass is 10.3. The summed E-state index contributed by atoms with van der Waals surface area (Å²) in [5.41, 5.74) is 0. The Kier molecular flexibility index (Phi) is 8.71. The molecule has 0 unspecified atom stereocenters. The fraction of sp³-hybridized carbons (Fsp3) is 1.00. The summed E-state index contributed by atoms with van der Waals surface area (Å²) in [7, 11) is -0.246. The third-order valence-electron chi connectivity index (χ3n) is 2.20. The van der Waals surface area contributed by atoms with Crippen LogP contribution in [0.2, 0.25) is 0 Å². The van der Waals surface area contributed by atoms with E-state index in [4.69, 9.17) is 4.74 Å². The van der Waals surface area contributed by atoms with E-state index >= 15 is 0 Å². The van der Waals surface area contributed by atoms with E-state index < -0.39 is 10.2 Å². The smallest absolute Gasteiger partial charge is 0.279 e. The Morgan fingerprint density at radius 1 is 1.29 bits per heavy atom. The lowest BCUT2D eigenvalue weighted by Crippen LogP contribution is -2.40. The monoisotopic (exact) mass is 267 g/mol. The molecule has 0 rings (SSSR count). The molecule has 2 N–H and O–H groups in total. The first kappa shape index (κ1) is 16.8. The third-order valence-corrected chi connectivity index (χ3v) is 3.78. The molecule has 0 amide bonds. The summed E-state index contributed by atoms with van der Waals surface area (Å²) in [6.07, 6.45) is 0.792. The lowest BCUT2D eigenvalue weighted by molar-refractivity contribution is 0.204. The van der Waals surface area contributed by atoms with E-state index in [1.807, 2.05) is 0 Å². The van der Waals surface area contributed by atoms with Crippen LogP contribution >= 0.6 is 0 Å². The summed E-state index contributed by atoms with van der Waals surface area (Å²) >= 11 is 0. The maximum Gasteiger partial charge on any atom is 0.279 e. The van der Waals surface area contributed by atoms with Crippen LogP contribution in [0.4, 0.5) is 0 Å². The molecule has 0 aromatic heterocycles. The van der Waals surface area contributed by atoms with E-state index in [1.165, 1.54) is 11.4 Å². The molecule has 0 heterocycles. The van der Waals surface area contributed by atoms with E-state index in [9.17, 15) is 8.42 Å². The van der Waals surface area contributed by atoms with Gasteiger partial charge in [-0.25, -0.2) is 0 Å². The molecule has 0 saturated carbocycles. The molecule has 0 aliphatic rings. The summed E-state index contributed by atoms with van der Waals surface area (Å²) < 4.78 is 31.9. The van der Waals surface area contributed by atoms with Crippen LogP contribution < -0.4 is 10.0 Å². The fourth-order valence-electron chi connectivity index (χ4n) is 1.20. The molecule has 0 radical (unpaired) electrons. The molecule has 104 valence electrons. The van der Waals surface area contributed by atoms with E-state index in [0.29, 0.717) is 25.7 Å².